The molecule has 0 amide bonds. The molecule has 1 aromatic carbocycles. The number of para-hydroxylation sites is 2. The first-order valence-corrected chi connectivity index (χ1v) is 8.14. The van der Waals surface area contributed by atoms with E-state index >= 15 is 0 Å². The van der Waals surface area contributed by atoms with Gasteiger partial charge in [0.1, 0.15) is 11.8 Å². The van der Waals surface area contributed by atoms with Gasteiger partial charge in [0.05, 0.1) is 17.5 Å². The summed E-state index contributed by atoms with van der Waals surface area (Å²) in [4.78, 5) is 28.8. The van der Waals surface area contributed by atoms with E-state index < -0.39 is 12.1 Å². The molecule has 0 fully saturated rings. The van der Waals surface area contributed by atoms with Crippen LogP contribution in [0.5, 0.6) is 0 Å². The maximum absolute atomic E-state index is 12.7. The van der Waals surface area contributed by atoms with E-state index in [2.05, 4.69) is 11.9 Å². The number of esters is 1. The Morgan fingerprint density at radius 1 is 1.42 bits per heavy atom. The molecule has 0 aliphatic carbocycles. The first kappa shape index (κ1) is 17.7. The first-order valence-electron chi connectivity index (χ1n) is 8.14. The number of nitrogens with zero attached hydrogens (tertiary/aromatic N) is 3. The quantitative estimate of drug-likeness (QED) is 0.730. The van der Waals surface area contributed by atoms with Crippen LogP contribution in [0.1, 0.15) is 38.8 Å². The monoisotopic (exact) mass is 327 g/mol. The topological polar surface area (TPSA) is 85.0 Å². The first-order chi connectivity index (χ1) is 11.6. The lowest BCUT2D eigenvalue weighted by molar-refractivity contribution is -0.145. The number of rotatable bonds is 7. The number of hydrogen-bond donors (Lipinski definition) is 0. The third-order valence-electron chi connectivity index (χ3n) is 3.71. The molecule has 0 aliphatic rings. The second-order valence-electron chi connectivity index (χ2n) is 5.62. The van der Waals surface area contributed by atoms with Crippen molar-refractivity contribution in [1.29, 1.82) is 5.26 Å². The molecule has 0 N–H and O–H groups in total. The van der Waals surface area contributed by atoms with Crippen LogP contribution in [0, 0.1) is 11.3 Å². The Kier molecular flexibility index (Phi) is 6.07. The predicted octanol–water partition coefficient (Wildman–Crippen LogP) is 2.58. The molecular formula is C18H21N3O3. The summed E-state index contributed by atoms with van der Waals surface area (Å²) in [6.07, 6.45) is 1.32. The van der Waals surface area contributed by atoms with Crippen molar-refractivity contribution < 1.29 is 9.53 Å². The van der Waals surface area contributed by atoms with Crippen molar-refractivity contribution >= 4 is 17.0 Å². The summed E-state index contributed by atoms with van der Waals surface area (Å²) >= 11 is 0. The van der Waals surface area contributed by atoms with E-state index in [0.717, 1.165) is 23.9 Å². The highest BCUT2D eigenvalue weighted by molar-refractivity contribution is 5.75. The van der Waals surface area contributed by atoms with Crippen molar-refractivity contribution in [2.24, 2.45) is 0 Å². The van der Waals surface area contributed by atoms with Crippen molar-refractivity contribution in [3.63, 3.8) is 0 Å². The maximum Gasteiger partial charge on any atom is 0.307 e. The summed E-state index contributed by atoms with van der Waals surface area (Å²) in [7, 11) is 0. The van der Waals surface area contributed by atoms with Gasteiger partial charge in [0, 0.05) is 13.0 Å². The molecule has 6 nitrogen and oxygen atoms in total. The Hall–Kier alpha value is -2.68. The lowest BCUT2D eigenvalue weighted by atomic mass is 10.2. The van der Waals surface area contributed by atoms with Crippen LogP contribution < -0.4 is 5.56 Å². The highest BCUT2D eigenvalue weighted by Crippen LogP contribution is 2.12. The van der Waals surface area contributed by atoms with Crippen LogP contribution in [0.4, 0.5) is 0 Å². The Morgan fingerprint density at radius 2 is 2.17 bits per heavy atom. The van der Waals surface area contributed by atoms with Gasteiger partial charge in [-0.1, -0.05) is 25.5 Å². The minimum atomic E-state index is -0.789. The largest absolute Gasteiger partial charge is 0.447 e. The van der Waals surface area contributed by atoms with Crippen molar-refractivity contribution in [3.05, 3.63) is 40.3 Å². The van der Waals surface area contributed by atoms with E-state index in [0.29, 0.717) is 12.2 Å². The van der Waals surface area contributed by atoms with Crippen molar-refractivity contribution in [2.75, 3.05) is 0 Å². The maximum atomic E-state index is 12.7. The molecule has 0 radical (unpaired) electrons. The Labute approximate surface area is 140 Å². The summed E-state index contributed by atoms with van der Waals surface area (Å²) in [5, 5.41) is 8.66. The SMILES string of the molecule is CCCCn1c(=O)c(CCC(=O)O[C@@H](C)C#N)nc2ccccc21. The van der Waals surface area contributed by atoms with Crippen molar-refractivity contribution in [3.8, 4) is 6.07 Å². The van der Waals surface area contributed by atoms with Gasteiger partial charge in [-0.15, -0.1) is 0 Å². The number of carbonyl (C=O) groups excluding carboxylic acids is 1. The van der Waals surface area contributed by atoms with Crippen LogP contribution in [-0.4, -0.2) is 21.6 Å². The predicted molar refractivity (Wildman–Crippen MR) is 90.4 cm³/mol. The molecule has 6 heteroatoms. The van der Waals surface area contributed by atoms with Crippen LogP contribution >= 0.6 is 0 Å². The zero-order valence-corrected chi connectivity index (χ0v) is 14.0. The Morgan fingerprint density at radius 3 is 2.88 bits per heavy atom. The third kappa shape index (κ3) is 4.19. The summed E-state index contributed by atoms with van der Waals surface area (Å²) < 4.78 is 6.63. The second-order valence-corrected chi connectivity index (χ2v) is 5.62. The van der Waals surface area contributed by atoms with E-state index in [1.165, 1.54) is 6.92 Å². The van der Waals surface area contributed by atoms with E-state index in [1.54, 1.807) is 4.57 Å². The number of benzene rings is 1. The molecule has 0 bridgehead atoms. The molecule has 0 spiro atoms. The lowest BCUT2D eigenvalue weighted by Crippen LogP contribution is -2.26. The van der Waals surface area contributed by atoms with E-state index in [9.17, 15) is 9.59 Å². The summed E-state index contributed by atoms with van der Waals surface area (Å²) in [6.45, 7) is 4.20. The van der Waals surface area contributed by atoms with Gasteiger partial charge in [-0.2, -0.15) is 5.26 Å². The summed E-state index contributed by atoms with van der Waals surface area (Å²) in [5.41, 5.74) is 1.73. The van der Waals surface area contributed by atoms with Crippen molar-refractivity contribution in [2.45, 2.75) is 52.2 Å². The van der Waals surface area contributed by atoms with Crippen LogP contribution in [0.15, 0.2) is 29.1 Å². The van der Waals surface area contributed by atoms with Gasteiger partial charge in [0.2, 0.25) is 0 Å². The standard InChI is InChI=1S/C18H21N3O3/c1-3-4-11-21-16-8-6-5-7-14(16)20-15(18(21)23)9-10-17(22)24-13(2)12-19/h5-8,13H,3-4,9-11H2,1-2H3/t13-/m0/s1. The van der Waals surface area contributed by atoms with Gasteiger partial charge in [0.15, 0.2) is 6.10 Å². The molecule has 24 heavy (non-hydrogen) atoms. The normalized spacial score (nSPS) is 11.9. The molecule has 2 rings (SSSR count). The molecular weight excluding hydrogens is 306 g/mol. The third-order valence-corrected chi connectivity index (χ3v) is 3.71. The molecule has 0 unspecified atom stereocenters. The van der Waals surface area contributed by atoms with Gasteiger partial charge in [-0.05, 0) is 25.5 Å². The number of carbonyl (C=O) groups is 1. The molecule has 0 saturated carbocycles. The van der Waals surface area contributed by atoms with Gasteiger partial charge in [-0.25, -0.2) is 4.98 Å². The number of unbranched alkanes of at least 4 members (excludes halogenated alkanes) is 1. The molecule has 126 valence electrons. The number of aryl methyl sites for hydroxylation is 2. The van der Waals surface area contributed by atoms with E-state index in [1.807, 2.05) is 30.3 Å². The van der Waals surface area contributed by atoms with Gasteiger partial charge in [-0.3, -0.25) is 9.59 Å². The molecule has 1 heterocycles. The highest BCUT2D eigenvalue weighted by atomic mass is 16.5. The fourth-order valence-electron chi connectivity index (χ4n) is 2.45. The molecule has 1 atom stereocenters. The zero-order chi connectivity index (χ0) is 17.5. The summed E-state index contributed by atoms with van der Waals surface area (Å²) in [5.74, 6) is -0.501. The van der Waals surface area contributed by atoms with Crippen LogP contribution in [0.2, 0.25) is 0 Å². The van der Waals surface area contributed by atoms with E-state index in [-0.39, 0.29) is 18.4 Å². The number of hydrogen-bond acceptors (Lipinski definition) is 5. The molecule has 0 aliphatic heterocycles. The Balaban J connectivity index is 2.27. The average Bonchev–Trinajstić information content (AvgIpc) is 2.59. The minimum Gasteiger partial charge on any atom is -0.447 e. The smallest absolute Gasteiger partial charge is 0.307 e. The molecule has 0 saturated heterocycles. The van der Waals surface area contributed by atoms with Gasteiger partial charge >= 0.3 is 5.97 Å². The number of nitriles is 1. The van der Waals surface area contributed by atoms with Gasteiger partial charge < -0.3 is 9.30 Å². The summed E-state index contributed by atoms with van der Waals surface area (Å²) in [6, 6.07) is 9.33. The number of ether oxygens (including phenoxy) is 1. The van der Waals surface area contributed by atoms with Crippen molar-refractivity contribution in [1.82, 2.24) is 9.55 Å². The average molecular weight is 327 g/mol. The fraction of sp³-hybridized carbons (Fsp3) is 0.444. The van der Waals surface area contributed by atoms with E-state index in [4.69, 9.17) is 10.00 Å². The zero-order valence-electron chi connectivity index (χ0n) is 14.0. The van der Waals surface area contributed by atoms with Crippen LogP contribution in [-0.2, 0) is 22.5 Å². The molecule has 2 aromatic rings. The van der Waals surface area contributed by atoms with Crippen LogP contribution in [0.25, 0.3) is 11.0 Å². The molecule has 1 aromatic heterocycles. The number of fused-ring (bicyclic) bond motifs is 1. The lowest BCUT2D eigenvalue weighted by Gasteiger charge is -2.12. The second kappa shape index (κ2) is 8.25. The van der Waals surface area contributed by atoms with Crippen LogP contribution in [0.3, 0.4) is 0 Å². The van der Waals surface area contributed by atoms with Gasteiger partial charge in [0.25, 0.3) is 5.56 Å². The highest BCUT2D eigenvalue weighted by Gasteiger charge is 2.14. The fourth-order valence-corrected chi connectivity index (χ4v) is 2.45. The number of aromatic nitrogens is 2. The minimum absolute atomic E-state index is 0.0282. The Bertz CT molecular complexity index is 820.